The lowest BCUT2D eigenvalue weighted by atomic mass is 9.87. The summed E-state index contributed by atoms with van der Waals surface area (Å²) >= 11 is 0. The van der Waals surface area contributed by atoms with Crippen molar-refractivity contribution in [2.45, 2.75) is 156 Å². The van der Waals surface area contributed by atoms with Gasteiger partial charge in [0.1, 0.15) is 0 Å². The minimum absolute atomic E-state index is 0.342. The third-order valence-electron chi connectivity index (χ3n) is 8.09. The number of aliphatic imine (C=N–C) groups is 1. The fourth-order valence-electron chi connectivity index (χ4n) is 6.23. The third kappa shape index (κ3) is 26.1. The standard InChI is InChI=1S/C11H18.C10H18N2.2C9H16N2.C9H15N/c1-9-5-6-10(7-9)8-11(2,3)4;1-8-6-9(12(5)11-8)7-10(2,3)4;1-9(2,3)5-8-6-11(4)7-10-8;1-9(2,3)7-8-5-6-11(4)10-8;1-9(2,3)6-8-4-5-10-7-8/h5,7H,6,8H2,1-4H3;6H,7H2,1-5H3;6-7H,5H2,1-4H3;5-6H,7H2,1-4H3;4,7H,5-6H2,1-3H3. The van der Waals surface area contributed by atoms with Gasteiger partial charge in [0.15, 0.2) is 0 Å². The van der Waals surface area contributed by atoms with E-state index in [0.717, 1.165) is 37.9 Å². The van der Waals surface area contributed by atoms with Gasteiger partial charge in [-0.3, -0.25) is 14.4 Å². The van der Waals surface area contributed by atoms with E-state index < -0.39 is 0 Å². The highest BCUT2D eigenvalue weighted by Crippen LogP contribution is 2.30. The molecule has 0 radical (unpaired) electrons. The summed E-state index contributed by atoms with van der Waals surface area (Å²) < 4.78 is 5.81. The molecule has 3 aromatic heterocycles. The topological polar surface area (TPSA) is 65.8 Å². The van der Waals surface area contributed by atoms with Crippen LogP contribution in [0.15, 0.2) is 70.8 Å². The van der Waals surface area contributed by atoms with Crippen molar-refractivity contribution < 1.29 is 0 Å². The summed E-state index contributed by atoms with van der Waals surface area (Å²) in [6.45, 7) is 38.8. The Morgan fingerprint density at radius 3 is 1.55 bits per heavy atom. The van der Waals surface area contributed by atoms with Gasteiger partial charge in [-0.2, -0.15) is 10.2 Å². The molecule has 1 aliphatic carbocycles. The maximum Gasteiger partial charge on any atom is 0.0946 e. The Bertz CT molecular complexity index is 1630. The first-order valence-electron chi connectivity index (χ1n) is 20.4. The highest BCUT2D eigenvalue weighted by atomic mass is 15.3. The largest absolute Gasteiger partial charge is 0.340 e. The fraction of sp³-hybridized carbons (Fsp3) is 0.667. The van der Waals surface area contributed by atoms with Crippen LogP contribution in [0.4, 0.5) is 0 Å². The van der Waals surface area contributed by atoms with Crippen LogP contribution in [0.5, 0.6) is 0 Å². The van der Waals surface area contributed by atoms with E-state index in [-0.39, 0.29) is 0 Å². The second-order valence-electron chi connectivity index (χ2n) is 21.8. The molecule has 55 heavy (non-hydrogen) atoms. The van der Waals surface area contributed by atoms with Crippen LogP contribution in [0.25, 0.3) is 0 Å². The fourth-order valence-corrected chi connectivity index (χ4v) is 6.23. The molecule has 0 amide bonds. The van der Waals surface area contributed by atoms with Crippen LogP contribution in [0.1, 0.15) is 153 Å². The second kappa shape index (κ2) is 21.2. The van der Waals surface area contributed by atoms with Crippen molar-refractivity contribution in [3.8, 4) is 0 Å². The van der Waals surface area contributed by atoms with Crippen LogP contribution in [-0.2, 0) is 40.4 Å². The minimum Gasteiger partial charge on any atom is -0.340 e. The molecule has 5 rings (SSSR count). The maximum atomic E-state index is 4.31. The molecule has 0 saturated carbocycles. The zero-order valence-corrected chi connectivity index (χ0v) is 39.3. The Labute approximate surface area is 338 Å². The number of rotatable bonds is 5. The Hall–Kier alpha value is -3.48. The van der Waals surface area contributed by atoms with Gasteiger partial charge in [-0.15, -0.1) is 0 Å². The van der Waals surface area contributed by atoms with Gasteiger partial charge in [0, 0.05) is 45.4 Å². The molecule has 0 unspecified atom stereocenters. The van der Waals surface area contributed by atoms with Crippen molar-refractivity contribution in [1.82, 2.24) is 29.1 Å². The van der Waals surface area contributed by atoms with Crippen molar-refractivity contribution in [3.63, 3.8) is 0 Å². The lowest BCUT2D eigenvalue weighted by molar-refractivity contribution is 0.398. The van der Waals surface area contributed by atoms with Gasteiger partial charge in [-0.1, -0.05) is 133 Å². The van der Waals surface area contributed by atoms with E-state index in [9.17, 15) is 0 Å². The van der Waals surface area contributed by atoms with Gasteiger partial charge in [-0.25, -0.2) is 4.98 Å². The molecule has 1 aliphatic heterocycles. The molecule has 0 saturated heterocycles. The third-order valence-corrected chi connectivity index (χ3v) is 8.09. The summed E-state index contributed by atoms with van der Waals surface area (Å²) in [5, 5.41) is 8.62. The summed E-state index contributed by atoms with van der Waals surface area (Å²) in [6, 6.07) is 4.23. The highest BCUT2D eigenvalue weighted by molar-refractivity contribution is 5.80. The SMILES string of the molecule is CC(C)(C)CC1=CCN=C1.CC1=CCC(CC(C)(C)C)=C1.Cc1cc(CC(C)(C)C)n(C)n1.Cn1ccc(CC(C)(C)C)n1.Cn1cnc(CC(C)(C)C)c1. The Morgan fingerprint density at radius 2 is 1.18 bits per heavy atom. The summed E-state index contributed by atoms with van der Waals surface area (Å²) in [4.78, 5) is 8.40. The molecule has 4 heterocycles. The van der Waals surface area contributed by atoms with Crippen LogP contribution >= 0.6 is 0 Å². The second-order valence-corrected chi connectivity index (χ2v) is 21.8. The van der Waals surface area contributed by atoms with E-state index in [1.807, 2.05) is 60.7 Å². The minimum atomic E-state index is 0.342. The van der Waals surface area contributed by atoms with E-state index in [0.29, 0.717) is 27.1 Å². The summed E-state index contributed by atoms with van der Waals surface area (Å²) in [5.41, 5.74) is 11.1. The summed E-state index contributed by atoms with van der Waals surface area (Å²) in [7, 11) is 5.96. The number of aromatic nitrogens is 6. The number of hydrogen-bond donors (Lipinski definition) is 0. The van der Waals surface area contributed by atoms with E-state index in [1.54, 1.807) is 5.57 Å². The molecule has 0 fully saturated rings. The van der Waals surface area contributed by atoms with Crippen LogP contribution < -0.4 is 0 Å². The first kappa shape index (κ1) is 49.5. The van der Waals surface area contributed by atoms with Gasteiger partial charge >= 0.3 is 0 Å². The molecule has 310 valence electrons. The number of aryl methyl sites for hydroxylation is 4. The number of nitrogens with zero attached hydrogens (tertiary/aromatic N) is 7. The first-order chi connectivity index (χ1) is 24.9. The molecule has 0 atom stereocenters. The smallest absolute Gasteiger partial charge is 0.0946 e. The molecule has 3 aromatic rings. The molecule has 0 aromatic carbocycles. The number of imidazole rings is 1. The van der Waals surface area contributed by atoms with Crippen molar-refractivity contribution >= 4 is 6.21 Å². The zero-order chi connectivity index (χ0) is 42.4. The Kier molecular flexibility index (Phi) is 19.1. The molecule has 0 spiro atoms. The first-order valence-corrected chi connectivity index (χ1v) is 20.4. The van der Waals surface area contributed by atoms with E-state index in [1.165, 1.54) is 41.1 Å². The molecule has 0 N–H and O–H groups in total. The van der Waals surface area contributed by atoms with E-state index >= 15 is 0 Å². The van der Waals surface area contributed by atoms with Gasteiger partial charge in [0.05, 0.1) is 30.0 Å². The normalized spacial score (nSPS) is 14.3. The number of hydrogen-bond acceptors (Lipinski definition) is 4. The Balaban J connectivity index is 0.000000344. The summed E-state index contributed by atoms with van der Waals surface area (Å²) in [6.07, 6.45) is 21.5. The molecule has 7 heteroatoms. The molecular weight excluding hydrogens is 675 g/mol. The van der Waals surface area contributed by atoms with E-state index in [4.69, 9.17) is 0 Å². The predicted octanol–water partition coefficient (Wildman–Crippen LogP) is 12.5. The van der Waals surface area contributed by atoms with Crippen molar-refractivity contribution in [2.24, 2.45) is 53.2 Å². The van der Waals surface area contributed by atoms with E-state index in [2.05, 4.69) is 168 Å². The molecule has 0 bridgehead atoms. The average Bonchev–Trinajstić information content (AvgIpc) is 3.80. The average molecular weight is 758 g/mol. The highest BCUT2D eigenvalue weighted by Gasteiger charge is 2.16. The molecule has 7 nitrogen and oxygen atoms in total. The van der Waals surface area contributed by atoms with Crippen LogP contribution in [-0.4, -0.2) is 41.9 Å². The Morgan fingerprint density at radius 1 is 0.636 bits per heavy atom. The van der Waals surface area contributed by atoms with Gasteiger partial charge in [0.25, 0.3) is 0 Å². The number of allylic oxidation sites excluding steroid dienone is 5. The van der Waals surface area contributed by atoms with Gasteiger partial charge in [0.2, 0.25) is 0 Å². The van der Waals surface area contributed by atoms with Gasteiger partial charge < -0.3 is 4.57 Å². The lowest BCUT2D eigenvalue weighted by Gasteiger charge is -2.18. The van der Waals surface area contributed by atoms with Gasteiger partial charge in [-0.05, 0) is 97.2 Å². The zero-order valence-electron chi connectivity index (χ0n) is 39.3. The van der Waals surface area contributed by atoms with Crippen molar-refractivity contribution in [2.75, 3.05) is 6.54 Å². The quantitative estimate of drug-likeness (QED) is 0.260. The van der Waals surface area contributed by atoms with Crippen molar-refractivity contribution in [3.05, 3.63) is 88.6 Å². The maximum absolute atomic E-state index is 4.31. The van der Waals surface area contributed by atoms with Crippen molar-refractivity contribution in [1.29, 1.82) is 0 Å². The van der Waals surface area contributed by atoms with Crippen LogP contribution in [0.2, 0.25) is 0 Å². The van der Waals surface area contributed by atoms with Crippen LogP contribution in [0.3, 0.4) is 0 Å². The molecular formula is C48H83N7. The summed E-state index contributed by atoms with van der Waals surface area (Å²) in [5.74, 6) is 0. The molecule has 2 aliphatic rings. The predicted molar refractivity (Wildman–Crippen MR) is 240 cm³/mol. The van der Waals surface area contributed by atoms with Crippen LogP contribution in [0, 0.1) is 34.0 Å². The lowest BCUT2D eigenvalue weighted by Crippen LogP contribution is -2.12. The monoisotopic (exact) mass is 758 g/mol.